The van der Waals surface area contributed by atoms with Gasteiger partial charge in [-0.25, -0.2) is 4.98 Å². The molecule has 0 fully saturated rings. The summed E-state index contributed by atoms with van der Waals surface area (Å²) in [6.45, 7) is 4.13. The Kier molecular flexibility index (Phi) is 4.39. The van der Waals surface area contributed by atoms with Crippen molar-refractivity contribution in [2.24, 2.45) is 5.73 Å². The van der Waals surface area contributed by atoms with Crippen molar-refractivity contribution < 1.29 is 0 Å². The maximum absolute atomic E-state index is 5.88. The normalized spacial score (nSPS) is 12.4. The van der Waals surface area contributed by atoms with Gasteiger partial charge in [0.1, 0.15) is 0 Å². The Hall–Kier alpha value is -1.32. The molecule has 2 aromatic rings. The summed E-state index contributed by atoms with van der Waals surface area (Å²) in [7, 11) is 0. The summed E-state index contributed by atoms with van der Waals surface area (Å²) in [5, 5.41) is 1.04. The van der Waals surface area contributed by atoms with Gasteiger partial charge in [0.25, 0.3) is 0 Å². The molecule has 94 valence electrons. The highest BCUT2D eigenvalue weighted by Crippen LogP contribution is 2.24. The standard InChI is InChI=1S/C15H18N2S/c1-11-5-3-4-6-14(11)10-18-15-9-13(12(2)16)7-8-17-15/h3-9,12H,10,16H2,1-2H3/t12-/m1/s1. The SMILES string of the molecule is Cc1ccccc1CSc1cc([C@@H](C)N)ccn1. The first-order valence-electron chi connectivity index (χ1n) is 6.05. The first kappa shape index (κ1) is 13.1. The summed E-state index contributed by atoms with van der Waals surface area (Å²) in [5.41, 5.74) is 9.70. The van der Waals surface area contributed by atoms with Crippen LogP contribution in [0.4, 0.5) is 0 Å². The third-order valence-electron chi connectivity index (χ3n) is 2.92. The van der Waals surface area contributed by atoms with E-state index in [1.807, 2.05) is 19.2 Å². The summed E-state index contributed by atoms with van der Waals surface area (Å²) in [4.78, 5) is 4.37. The predicted molar refractivity (Wildman–Crippen MR) is 77.6 cm³/mol. The molecule has 0 unspecified atom stereocenters. The molecule has 3 heteroatoms. The first-order chi connectivity index (χ1) is 8.66. The van der Waals surface area contributed by atoms with Gasteiger partial charge in [0.15, 0.2) is 0 Å². The van der Waals surface area contributed by atoms with Gasteiger partial charge >= 0.3 is 0 Å². The lowest BCUT2D eigenvalue weighted by Crippen LogP contribution is -2.05. The molecule has 0 bridgehead atoms. The molecule has 1 aromatic heterocycles. The van der Waals surface area contributed by atoms with Crippen LogP contribution < -0.4 is 5.73 Å². The topological polar surface area (TPSA) is 38.9 Å². The lowest BCUT2D eigenvalue weighted by molar-refractivity contribution is 0.808. The average molecular weight is 258 g/mol. The van der Waals surface area contributed by atoms with Crippen LogP contribution >= 0.6 is 11.8 Å². The Labute approximate surface area is 113 Å². The van der Waals surface area contributed by atoms with Crippen molar-refractivity contribution in [1.82, 2.24) is 4.98 Å². The zero-order valence-electron chi connectivity index (χ0n) is 10.8. The molecule has 0 aliphatic rings. The minimum absolute atomic E-state index is 0.0609. The molecule has 0 spiro atoms. The van der Waals surface area contributed by atoms with Gasteiger partial charge in [-0.3, -0.25) is 0 Å². The van der Waals surface area contributed by atoms with Gasteiger partial charge in [-0.05, 0) is 42.7 Å². The number of pyridine rings is 1. The molecule has 0 saturated heterocycles. The Morgan fingerprint density at radius 2 is 2.06 bits per heavy atom. The Morgan fingerprint density at radius 3 is 2.78 bits per heavy atom. The molecule has 0 radical (unpaired) electrons. The molecule has 2 N–H and O–H groups in total. The molecule has 1 aromatic carbocycles. The molecule has 0 amide bonds. The van der Waals surface area contributed by atoms with Gasteiger partial charge in [-0.15, -0.1) is 11.8 Å². The van der Waals surface area contributed by atoms with E-state index in [-0.39, 0.29) is 6.04 Å². The van der Waals surface area contributed by atoms with Crippen molar-refractivity contribution in [1.29, 1.82) is 0 Å². The quantitative estimate of drug-likeness (QED) is 0.850. The molecule has 0 aliphatic carbocycles. The monoisotopic (exact) mass is 258 g/mol. The van der Waals surface area contributed by atoms with Gasteiger partial charge in [-0.2, -0.15) is 0 Å². The van der Waals surface area contributed by atoms with Crippen LogP contribution in [0.25, 0.3) is 0 Å². The third kappa shape index (κ3) is 3.34. The molecule has 1 atom stereocenters. The minimum Gasteiger partial charge on any atom is -0.324 e. The summed E-state index contributed by atoms with van der Waals surface area (Å²) >= 11 is 1.75. The predicted octanol–water partition coefficient (Wildman–Crippen LogP) is 3.70. The van der Waals surface area contributed by atoms with Crippen LogP contribution in [0, 0.1) is 6.92 Å². The Morgan fingerprint density at radius 1 is 1.28 bits per heavy atom. The van der Waals surface area contributed by atoms with E-state index in [1.165, 1.54) is 11.1 Å². The number of thioether (sulfide) groups is 1. The summed E-state index contributed by atoms with van der Waals surface area (Å²) in [5.74, 6) is 0.947. The molecular weight excluding hydrogens is 240 g/mol. The molecule has 1 heterocycles. The fourth-order valence-electron chi connectivity index (χ4n) is 1.71. The maximum Gasteiger partial charge on any atom is 0.0966 e. The second-order valence-corrected chi connectivity index (χ2v) is 5.43. The second kappa shape index (κ2) is 6.03. The fraction of sp³-hybridized carbons (Fsp3) is 0.267. The number of hydrogen-bond acceptors (Lipinski definition) is 3. The smallest absolute Gasteiger partial charge is 0.0966 e. The molecule has 2 nitrogen and oxygen atoms in total. The van der Waals surface area contributed by atoms with Crippen molar-refractivity contribution >= 4 is 11.8 Å². The number of aromatic nitrogens is 1. The van der Waals surface area contributed by atoms with Crippen molar-refractivity contribution in [3.8, 4) is 0 Å². The third-order valence-corrected chi connectivity index (χ3v) is 3.90. The summed E-state index contributed by atoms with van der Waals surface area (Å²) in [6.07, 6.45) is 1.83. The zero-order chi connectivity index (χ0) is 13.0. The number of aryl methyl sites for hydroxylation is 1. The number of nitrogens with two attached hydrogens (primary N) is 1. The van der Waals surface area contributed by atoms with Crippen molar-refractivity contribution in [3.05, 3.63) is 59.3 Å². The van der Waals surface area contributed by atoms with Crippen LogP contribution in [-0.2, 0) is 5.75 Å². The first-order valence-corrected chi connectivity index (χ1v) is 7.04. The Balaban J connectivity index is 2.07. The summed E-state index contributed by atoms with van der Waals surface area (Å²) in [6, 6.07) is 12.6. The van der Waals surface area contributed by atoms with Crippen LogP contribution in [0.5, 0.6) is 0 Å². The lowest BCUT2D eigenvalue weighted by atomic mass is 10.1. The number of nitrogens with zero attached hydrogens (tertiary/aromatic N) is 1. The fourth-order valence-corrected chi connectivity index (χ4v) is 2.69. The van der Waals surface area contributed by atoms with Gasteiger partial charge in [0, 0.05) is 18.0 Å². The van der Waals surface area contributed by atoms with Gasteiger partial charge < -0.3 is 5.73 Å². The van der Waals surface area contributed by atoms with E-state index in [0.29, 0.717) is 0 Å². The van der Waals surface area contributed by atoms with Crippen LogP contribution in [0.3, 0.4) is 0 Å². The molecular formula is C15H18N2S. The molecule has 18 heavy (non-hydrogen) atoms. The van der Waals surface area contributed by atoms with Crippen molar-refractivity contribution in [2.45, 2.75) is 30.7 Å². The van der Waals surface area contributed by atoms with E-state index in [4.69, 9.17) is 5.73 Å². The van der Waals surface area contributed by atoms with E-state index in [0.717, 1.165) is 16.3 Å². The molecule has 2 rings (SSSR count). The van der Waals surface area contributed by atoms with E-state index >= 15 is 0 Å². The van der Waals surface area contributed by atoms with Crippen molar-refractivity contribution in [2.75, 3.05) is 0 Å². The van der Waals surface area contributed by atoms with E-state index in [1.54, 1.807) is 11.8 Å². The van der Waals surface area contributed by atoms with Gasteiger partial charge in [0.2, 0.25) is 0 Å². The van der Waals surface area contributed by atoms with E-state index in [2.05, 4.69) is 42.2 Å². The highest BCUT2D eigenvalue weighted by molar-refractivity contribution is 7.98. The highest BCUT2D eigenvalue weighted by Gasteiger charge is 2.03. The van der Waals surface area contributed by atoms with Crippen LogP contribution in [0.1, 0.15) is 29.7 Å². The lowest BCUT2D eigenvalue weighted by Gasteiger charge is -2.08. The van der Waals surface area contributed by atoms with Gasteiger partial charge in [-0.1, -0.05) is 24.3 Å². The zero-order valence-corrected chi connectivity index (χ0v) is 11.6. The van der Waals surface area contributed by atoms with Crippen LogP contribution in [-0.4, -0.2) is 4.98 Å². The van der Waals surface area contributed by atoms with Crippen LogP contribution in [0.2, 0.25) is 0 Å². The average Bonchev–Trinajstić information content (AvgIpc) is 2.38. The maximum atomic E-state index is 5.88. The number of hydrogen-bond donors (Lipinski definition) is 1. The second-order valence-electron chi connectivity index (χ2n) is 4.43. The molecule has 0 aliphatic heterocycles. The van der Waals surface area contributed by atoms with Crippen molar-refractivity contribution in [3.63, 3.8) is 0 Å². The van der Waals surface area contributed by atoms with Crippen LogP contribution in [0.15, 0.2) is 47.6 Å². The van der Waals surface area contributed by atoms with Gasteiger partial charge in [0.05, 0.1) is 5.03 Å². The number of rotatable bonds is 4. The largest absolute Gasteiger partial charge is 0.324 e. The van der Waals surface area contributed by atoms with E-state index < -0.39 is 0 Å². The number of benzene rings is 1. The summed E-state index contributed by atoms with van der Waals surface area (Å²) < 4.78 is 0. The van der Waals surface area contributed by atoms with E-state index in [9.17, 15) is 0 Å². The highest BCUT2D eigenvalue weighted by atomic mass is 32.2. The minimum atomic E-state index is 0.0609. The molecule has 0 saturated carbocycles. The Bertz CT molecular complexity index is 523.